The van der Waals surface area contributed by atoms with Crippen LogP contribution in [0.3, 0.4) is 0 Å². The fourth-order valence-electron chi connectivity index (χ4n) is 2.38. The maximum Gasteiger partial charge on any atom is 0.322 e. The monoisotopic (exact) mass is 278 g/mol. The van der Waals surface area contributed by atoms with Crippen LogP contribution in [0.2, 0.25) is 0 Å². The maximum atomic E-state index is 11.1. The van der Waals surface area contributed by atoms with Crippen LogP contribution in [0.25, 0.3) is 0 Å². The summed E-state index contributed by atoms with van der Waals surface area (Å²) in [5.41, 5.74) is 6.94. The van der Waals surface area contributed by atoms with Crippen LogP contribution in [0.15, 0.2) is 24.3 Å². The van der Waals surface area contributed by atoms with Crippen LogP contribution in [-0.4, -0.2) is 23.2 Å². The molecule has 110 valence electrons. The molecular formula is C15H22N2O3. The number of aliphatic carboxylic acids is 1. The lowest BCUT2D eigenvalue weighted by Crippen LogP contribution is -2.37. The Kier molecular flexibility index (Phi) is 4.62. The molecule has 5 nitrogen and oxygen atoms in total. The smallest absolute Gasteiger partial charge is 0.322 e. The van der Waals surface area contributed by atoms with Crippen molar-refractivity contribution in [2.75, 3.05) is 0 Å². The summed E-state index contributed by atoms with van der Waals surface area (Å²) in [6.07, 6.45) is 1.16. The van der Waals surface area contributed by atoms with E-state index in [-0.39, 0.29) is 18.1 Å². The third-order valence-electron chi connectivity index (χ3n) is 3.86. The van der Waals surface area contributed by atoms with Crippen molar-refractivity contribution in [2.45, 2.75) is 45.4 Å². The molecular weight excluding hydrogens is 256 g/mol. The number of carbonyl (C=O) groups is 1. The number of hydrazine groups is 1. The van der Waals surface area contributed by atoms with Crippen LogP contribution < -0.4 is 15.6 Å². The molecule has 1 saturated heterocycles. The van der Waals surface area contributed by atoms with Crippen molar-refractivity contribution in [3.63, 3.8) is 0 Å². The molecule has 3 N–H and O–H groups in total. The molecule has 1 aliphatic rings. The zero-order chi connectivity index (χ0) is 14.7. The van der Waals surface area contributed by atoms with Gasteiger partial charge in [-0.1, -0.05) is 26.0 Å². The first-order valence-electron chi connectivity index (χ1n) is 7.03. The van der Waals surface area contributed by atoms with E-state index in [2.05, 4.69) is 17.8 Å². The standard InChI is InChI=1S/C15H22N2O3/c1-4-9(2)20-12-7-5-11(6-8-12)13-10(3)14(15(18)19)17-16-13/h5-10,13-14,16-17H,4H2,1-3H3,(H,18,19). The van der Waals surface area contributed by atoms with Crippen LogP contribution in [-0.2, 0) is 4.79 Å². The molecule has 1 heterocycles. The van der Waals surface area contributed by atoms with Crippen molar-refractivity contribution in [1.82, 2.24) is 10.9 Å². The second-order valence-electron chi connectivity index (χ2n) is 5.35. The summed E-state index contributed by atoms with van der Waals surface area (Å²) in [5.74, 6) is -0.00504. The minimum absolute atomic E-state index is 0.00579. The summed E-state index contributed by atoms with van der Waals surface area (Å²) in [7, 11) is 0. The lowest BCUT2D eigenvalue weighted by atomic mass is 9.91. The molecule has 0 radical (unpaired) electrons. The quantitative estimate of drug-likeness (QED) is 0.769. The molecule has 0 spiro atoms. The van der Waals surface area contributed by atoms with Crippen molar-refractivity contribution < 1.29 is 14.6 Å². The summed E-state index contributed by atoms with van der Waals surface area (Å²) < 4.78 is 5.74. The van der Waals surface area contributed by atoms with Crippen molar-refractivity contribution in [3.05, 3.63) is 29.8 Å². The van der Waals surface area contributed by atoms with E-state index in [4.69, 9.17) is 9.84 Å². The first kappa shape index (κ1) is 14.8. The number of hydrogen-bond acceptors (Lipinski definition) is 4. The summed E-state index contributed by atoms with van der Waals surface area (Å²) in [4.78, 5) is 11.1. The third-order valence-corrected chi connectivity index (χ3v) is 3.86. The predicted molar refractivity (Wildman–Crippen MR) is 76.4 cm³/mol. The van der Waals surface area contributed by atoms with E-state index in [9.17, 15) is 4.79 Å². The van der Waals surface area contributed by atoms with E-state index in [1.165, 1.54) is 0 Å². The molecule has 2 rings (SSSR count). The Morgan fingerprint density at radius 1 is 1.35 bits per heavy atom. The van der Waals surface area contributed by atoms with Crippen molar-refractivity contribution >= 4 is 5.97 Å². The maximum absolute atomic E-state index is 11.1. The van der Waals surface area contributed by atoms with Gasteiger partial charge in [-0.25, -0.2) is 10.9 Å². The van der Waals surface area contributed by atoms with E-state index in [1.54, 1.807) is 0 Å². The molecule has 1 aromatic rings. The Balaban J connectivity index is 2.05. The minimum Gasteiger partial charge on any atom is -0.491 e. The van der Waals surface area contributed by atoms with Crippen LogP contribution in [0, 0.1) is 5.92 Å². The highest BCUT2D eigenvalue weighted by molar-refractivity contribution is 5.74. The average molecular weight is 278 g/mol. The molecule has 0 aliphatic carbocycles. The molecule has 5 heteroatoms. The van der Waals surface area contributed by atoms with Gasteiger partial charge in [0.25, 0.3) is 0 Å². The highest BCUT2D eigenvalue weighted by Gasteiger charge is 2.37. The lowest BCUT2D eigenvalue weighted by Gasteiger charge is -2.18. The number of nitrogens with one attached hydrogen (secondary N) is 2. The fourth-order valence-corrected chi connectivity index (χ4v) is 2.38. The summed E-state index contributed by atoms with van der Waals surface area (Å²) in [6.45, 7) is 6.05. The number of carboxylic acid groups (broad SMARTS) is 1. The van der Waals surface area contributed by atoms with Gasteiger partial charge >= 0.3 is 5.97 Å². The SMILES string of the molecule is CCC(C)Oc1ccc(C2NNC(C(=O)O)C2C)cc1. The van der Waals surface area contributed by atoms with Gasteiger partial charge in [0.15, 0.2) is 0 Å². The summed E-state index contributed by atoms with van der Waals surface area (Å²) >= 11 is 0. The van der Waals surface area contributed by atoms with Crippen molar-refractivity contribution in [3.8, 4) is 5.75 Å². The Morgan fingerprint density at radius 3 is 2.50 bits per heavy atom. The van der Waals surface area contributed by atoms with Gasteiger partial charge in [0.05, 0.1) is 12.1 Å². The molecule has 0 saturated carbocycles. The van der Waals surface area contributed by atoms with Crippen LogP contribution >= 0.6 is 0 Å². The highest BCUT2D eigenvalue weighted by Crippen LogP contribution is 2.29. The van der Waals surface area contributed by atoms with Gasteiger partial charge in [-0.15, -0.1) is 0 Å². The van der Waals surface area contributed by atoms with Crippen molar-refractivity contribution in [2.24, 2.45) is 5.92 Å². The normalized spacial score (nSPS) is 27.2. The van der Waals surface area contributed by atoms with Crippen LogP contribution in [0.4, 0.5) is 0 Å². The Labute approximate surface area is 119 Å². The number of ether oxygens (including phenoxy) is 1. The zero-order valence-corrected chi connectivity index (χ0v) is 12.1. The van der Waals surface area contributed by atoms with Crippen molar-refractivity contribution in [1.29, 1.82) is 0 Å². The molecule has 4 unspecified atom stereocenters. The summed E-state index contributed by atoms with van der Waals surface area (Å²) in [5, 5.41) is 9.10. The molecule has 0 amide bonds. The zero-order valence-electron chi connectivity index (χ0n) is 12.1. The molecule has 0 aromatic heterocycles. The number of hydrogen-bond donors (Lipinski definition) is 3. The number of rotatable bonds is 5. The second-order valence-corrected chi connectivity index (χ2v) is 5.35. The first-order chi connectivity index (χ1) is 9.52. The second kappa shape index (κ2) is 6.24. The van der Waals surface area contributed by atoms with E-state index in [0.717, 1.165) is 17.7 Å². The highest BCUT2D eigenvalue weighted by atomic mass is 16.5. The topological polar surface area (TPSA) is 70.6 Å². The van der Waals surface area contributed by atoms with E-state index in [0.29, 0.717) is 0 Å². The molecule has 0 bridgehead atoms. The number of benzene rings is 1. The van der Waals surface area contributed by atoms with Crippen LogP contribution in [0.5, 0.6) is 5.75 Å². The van der Waals surface area contributed by atoms with Gasteiger partial charge in [-0.3, -0.25) is 4.79 Å². The first-order valence-corrected chi connectivity index (χ1v) is 7.03. The predicted octanol–water partition coefficient (Wildman–Crippen LogP) is 2.10. The van der Waals surface area contributed by atoms with E-state index >= 15 is 0 Å². The third kappa shape index (κ3) is 3.11. The molecule has 1 aliphatic heterocycles. The largest absolute Gasteiger partial charge is 0.491 e. The molecule has 20 heavy (non-hydrogen) atoms. The van der Waals surface area contributed by atoms with Gasteiger partial charge in [-0.2, -0.15) is 0 Å². The van der Waals surface area contributed by atoms with Gasteiger partial charge in [-0.05, 0) is 31.0 Å². The minimum atomic E-state index is -0.829. The Hall–Kier alpha value is -1.59. The fraction of sp³-hybridized carbons (Fsp3) is 0.533. The van der Waals surface area contributed by atoms with Crippen LogP contribution in [0.1, 0.15) is 38.8 Å². The van der Waals surface area contributed by atoms with Gasteiger partial charge in [0, 0.05) is 5.92 Å². The molecule has 1 aromatic carbocycles. The van der Waals surface area contributed by atoms with Gasteiger partial charge in [0.2, 0.25) is 0 Å². The number of carboxylic acids is 1. The van der Waals surface area contributed by atoms with E-state index < -0.39 is 12.0 Å². The van der Waals surface area contributed by atoms with Gasteiger partial charge in [0.1, 0.15) is 11.8 Å². The Bertz CT molecular complexity index is 461. The summed E-state index contributed by atoms with van der Waals surface area (Å²) in [6, 6.07) is 7.27. The average Bonchev–Trinajstić information content (AvgIpc) is 2.81. The van der Waals surface area contributed by atoms with E-state index in [1.807, 2.05) is 38.1 Å². The van der Waals surface area contributed by atoms with Gasteiger partial charge < -0.3 is 9.84 Å². The molecule has 1 fully saturated rings. The lowest BCUT2D eigenvalue weighted by molar-refractivity contribution is -0.140. The Morgan fingerprint density at radius 2 is 2.00 bits per heavy atom. The molecule has 4 atom stereocenters.